The van der Waals surface area contributed by atoms with Crippen molar-refractivity contribution in [3.63, 3.8) is 0 Å². The second-order valence-corrected chi connectivity index (χ2v) is 4.31. The number of hydrogen-bond donors (Lipinski definition) is 2. The van der Waals surface area contributed by atoms with Crippen molar-refractivity contribution in [1.29, 1.82) is 0 Å². The molecule has 84 valence electrons. The van der Waals surface area contributed by atoms with Crippen LogP contribution in [0.15, 0.2) is 17.0 Å². The summed E-state index contributed by atoms with van der Waals surface area (Å²) in [5.74, 6) is 0. The standard InChI is InChI=1S/C6H4ClN3O3S.Ag/c7-3-1-2-4-5(9-10-8-4)6(3)14(11,12)13;/h1-2H,(H,8,9,10)(H,11,12,13);/q;+1. The van der Waals surface area contributed by atoms with Gasteiger partial charge in [0.05, 0.1) is 5.02 Å². The number of fused-ring (bicyclic) bond motifs is 1. The maximum absolute atomic E-state index is 11.0. The van der Waals surface area contributed by atoms with E-state index < -0.39 is 15.0 Å². The van der Waals surface area contributed by atoms with Crippen LogP contribution in [-0.2, 0) is 32.5 Å². The van der Waals surface area contributed by atoms with Crippen LogP contribution < -0.4 is 0 Å². The minimum Gasteiger partial charge on any atom is -0.282 e. The summed E-state index contributed by atoms with van der Waals surface area (Å²) in [6.45, 7) is 0. The molecule has 15 heavy (non-hydrogen) atoms. The van der Waals surface area contributed by atoms with Crippen LogP contribution in [0, 0.1) is 0 Å². The number of aromatic nitrogens is 3. The molecular weight excluding hydrogens is 337 g/mol. The fraction of sp³-hybridized carbons (Fsp3) is 0. The van der Waals surface area contributed by atoms with Gasteiger partial charge in [0.1, 0.15) is 15.9 Å². The summed E-state index contributed by atoms with van der Waals surface area (Å²) in [7, 11) is -4.38. The van der Waals surface area contributed by atoms with Gasteiger partial charge < -0.3 is 0 Å². The molecule has 0 radical (unpaired) electrons. The first-order valence-corrected chi connectivity index (χ1v) is 5.28. The predicted octanol–water partition coefficient (Wildman–Crippen LogP) is 0.855. The molecular formula is C6H4AgClN3O3S+. The molecule has 1 aromatic heterocycles. The van der Waals surface area contributed by atoms with E-state index in [-0.39, 0.29) is 32.9 Å². The van der Waals surface area contributed by atoms with Crippen molar-refractivity contribution < 1.29 is 35.4 Å². The molecule has 6 nitrogen and oxygen atoms in total. The average Bonchev–Trinajstić information content (AvgIpc) is 2.48. The molecule has 0 aliphatic carbocycles. The van der Waals surface area contributed by atoms with Crippen molar-refractivity contribution in [3.8, 4) is 0 Å². The Bertz CT molecular complexity index is 597. The third kappa shape index (κ3) is 2.22. The van der Waals surface area contributed by atoms with Crippen LogP contribution in [0.3, 0.4) is 0 Å². The number of aromatic amines is 1. The van der Waals surface area contributed by atoms with Crippen molar-refractivity contribution in [2.24, 2.45) is 0 Å². The monoisotopic (exact) mass is 340 g/mol. The number of nitrogens with zero attached hydrogens (tertiary/aromatic N) is 2. The first kappa shape index (κ1) is 12.6. The second kappa shape index (κ2) is 4.20. The van der Waals surface area contributed by atoms with E-state index in [4.69, 9.17) is 16.2 Å². The number of H-pyrrole nitrogens is 1. The molecule has 0 spiro atoms. The van der Waals surface area contributed by atoms with Gasteiger partial charge in [-0.05, 0) is 12.1 Å². The Morgan fingerprint density at radius 1 is 1.33 bits per heavy atom. The zero-order valence-electron chi connectivity index (χ0n) is 6.90. The molecule has 2 rings (SSSR count). The number of benzene rings is 1. The molecule has 0 unspecified atom stereocenters. The summed E-state index contributed by atoms with van der Waals surface area (Å²) in [5.41, 5.74) is 0.349. The second-order valence-electron chi connectivity index (χ2n) is 2.54. The van der Waals surface area contributed by atoms with E-state index in [2.05, 4.69) is 15.4 Å². The van der Waals surface area contributed by atoms with Crippen molar-refractivity contribution in [1.82, 2.24) is 15.4 Å². The summed E-state index contributed by atoms with van der Waals surface area (Å²) in [4.78, 5) is -0.426. The average molecular weight is 342 g/mol. The SMILES string of the molecule is O=S(=O)(O)c1c(Cl)ccc2n[nH]nc12.[Ag+]. The molecule has 9 heteroatoms. The van der Waals surface area contributed by atoms with Gasteiger partial charge in [-0.15, -0.1) is 0 Å². The van der Waals surface area contributed by atoms with Gasteiger partial charge in [-0.25, -0.2) is 0 Å². The van der Waals surface area contributed by atoms with Gasteiger partial charge in [0.2, 0.25) is 0 Å². The van der Waals surface area contributed by atoms with E-state index in [1.54, 1.807) is 0 Å². The van der Waals surface area contributed by atoms with Gasteiger partial charge >= 0.3 is 22.4 Å². The van der Waals surface area contributed by atoms with Gasteiger partial charge in [-0.2, -0.15) is 23.8 Å². The van der Waals surface area contributed by atoms with Crippen molar-refractivity contribution in [2.45, 2.75) is 4.90 Å². The predicted molar refractivity (Wildman–Crippen MR) is 48.7 cm³/mol. The fourth-order valence-electron chi connectivity index (χ4n) is 1.11. The molecule has 0 aliphatic heterocycles. The van der Waals surface area contributed by atoms with Crippen LogP contribution in [0.25, 0.3) is 11.0 Å². The van der Waals surface area contributed by atoms with Gasteiger partial charge in [0.25, 0.3) is 10.1 Å². The van der Waals surface area contributed by atoms with Crippen molar-refractivity contribution in [3.05, 3.63) is 17.2 Å². The van der Waals surface area contributed by atoms with Crippen LogP contribution in [-0.4, -0.2) is 28.4 Å². The van der Waals surface area contributed by atoms with Crippen molar-refractivity contribution >= 4 is 32.8 Å². The molecule has 1 aromatic carbocycles. The molecule has 0 saturated heterocycles. The maximum atomic E-state index is 11.0. The topological polar surface area (TPSA) is 95.9 Å². The number of hydrogen-bond acceptors (Lipinski definition) is 4. The first-order chi connectivity index (χ1) is 6.50. The normalized spacial score (nSPS) is 11.3. The zero-order valence-corrected chi connectivity index (χ0v) is 9.96. The van der Waals surface area contributed by atoms with E-state index >= 15 is 0 Å². The summed E-state index contributed by atoms with van der Waals surface area (Å²) < 4.78 is 30.8. The minimum atomic E-state index is -4.38. The summed E-state index contributed by atoms with van der Waals surface area (Å²) in [5, 5.41) is 9.40. The van der Waals surface area contributed by atoms with E-state index in [9.17, 15) is 8.42 Å². The van der Waals surface area contributed by atoms with Crippen LogP contribution >= 0.6 is 11.6 Å². The Kier molecular flexibility index (Phi) is 3.54. The molecule has 1 heterocycles. The molecule has 0 atom stereocenters. The summed E-state index contributed by atoms with van der Waals surface area (Å²) in [6, 6.07) is 2.82. The number of halogens is 1. The van der Waals surface area contributed by atoms with E-state index in [1.807, 2.05) is 0 Å². The van der Waals surface area contributed by atoms with Gasteiger partial charge in [0, 0.05) is 0 Å². The number of rotatable bonds is 1. The number of nitrogens with one attached hydrogen (secondary N) is 1. The summed E-state index contributed by atoms with van der Waals surface area (Å²) >= 11 is 5.62. The Hall–Kier alpha value is -0.440. The first-order valence-electron chi connectivity index (χ1n) is 3.46. The molecule has 0 fully saturated rings. The van der Waals surface area contributed by atoms with Gasteiger partial charge in [-0.3, -0.25) is 4.55 Å². The van der Waals surface area contributed by atoms with E-state index in [0.717, 1.165) is 0 Å². The zero-order chi connectivity index (χ0) is 10.3. The smallest absolute Gasteiger partial charge is 0.282 e. The third-order valence-electron chi connectivity index (χ3n) is 1.65. The Morgan fingerprint density at radius 3 is 2.60 bits per heavy atom. The van der Waals surface area contributed by atoms with Gasteiger partial charge in [0.15, 0.2) is 0 Å². The Labute approximate surface area is 105 Å². The Morgan fingerprint density at radius 2 is 2.00 bits per heavy atom. The summed E-state index contributed by atoms with van der Waals surface area (Å²) in [6.07, 6.45) is 0. The molecule has 0 aliphatic rings. The Balaban J connectivity index is 0.00000112. The maximum Gasteiger partial charge on any atom is 1.00 e. The van der Waals surface area contributed by atoms with Crippen molar-refractivity contribution in [2.75, 3.05) is 0 Å². The largest absolute Gasteiger partial charge is 1.00 e. The van der Waals surface area contributed by atoms with Crippen LogP contribution in [0.1, 0.15) is 0 Å². The van der Waals surface area contributed by atoms with Crippen LogP contribution in [0.4, 0.5) is 0 Å². The molecule has 2 N–H and O–H groups in total. The third-order valence-corrected chi connectivity index (χ3v) is 3.01. The minimum absolute atomic E-state index is 0. The fourth-order valence-corrected chi connectivity index (χ4v) is 2.26. The quantitative estimate of drug-likeness (QED) is 0.592. The van der Waals surface area contributed by atoms with Crippen LogP contribution in [0.5, 0.6) is 0 Å². The van der Waals surface area contributed by atoms with E-state index in [1.165, 1.54) is 12.1 Å². The molecule has 0 bridgehead atoms. The van der Waals surface area contributed by atoms with Crippen LogP contribution in [0.2, 0.25) is 5.02 Å². The molecule has 0 amide bonds. The van der Waals surface area contributed by atoms with E-state index in [0.29, 0.717) is 5.52 Å². The van der Waals surface area contributed by atoms with Gasteiger partial charge in [-0.1, -0.05) is 11.6 Å². The molecule has 0 saturated carbocycles. The molecule has 2 aromatic rings.